The highest BCUT2D eigenvalue weighted by molar-refractivity contribution is 8.14. The molecule has 0 aliphatic carbocycles. The number of nitrogens with zero attached hydrogens (tertiary/aromatic N) is 1. The highest BCUT2D eigenvalue weighted by Gasteiger charge is 2.31. The van der Waals surface area contributed by atoms with Crippen molar-refractivity contribution in [2.75, 3.05) is 31.0 Å². The molecule has 1 aromatic carbocycles. The summed E-state index contributed by atoms with van der Waals surface area (Å²) < 4.78 is 39.9. The number of anilines is 1. The van der Waals surface area contributed by atoms with Crippen molar-refractivity contribution in [1.82, 2.24) is 0 Å². The van der Waals surface area contributed by atoms with Gasteiger partial charge in [-0.15, -0.1) is 0 Å². The van der Waals surface area contributed by atoms with Crippen molar-refractivity contribution in [3.63, 3.8) is 0 Å². The van der Waals surface area contributed by atoms with Gasteiger partial charge in [0.1, 0.15) is 4.90 Å². The summed E-state index contributed by atoms with van der Waals surface area (Å²) in [5.74, 6) is 0.266. The molecular formula is C10H12ClNO4S2. The number of ether oxygens (including phenoxy) is 1. The Morgan fingerprint density at radius 2 is 2.22 bits per heavy atom. The summed E-state index contributed by atoms with van der Waals surface area (Å²) in [6.45, 7) is 1.04. The largest absolute Gasteiger partial charge is 0.383 e. The molecule has 0 radical (unpaired) electrons. The topological polar surface area (TPSA) is 63.7 Å². The van der Waals surface area contributed by atoms with Crippen molar-refractivity contribution >= 4 is 36.2 Å². The maximum atomic E-state index is 12.0. The van der Waals surface area contributed by atoms with Gasteiger partial charge in [-0.2, -0.15) is 0 Å². The first-order valence-corrected chi connectivity index (χ1v) is 8.78. The SMILES string of the molecule is COCCN1CS(=O)c2c1cccc2S(=O)(=O)Cl. The highest BCUT2D eigenvalue weighted by Crippen LogP contribution is 2.37. The normalized spacial score (nSPS) is 19.0. The van der Waals surface area contributed by atoms with E-state index < -0.39 is 19.9 Å². The van der Waals surface area contributed by atoms with Crippen molar-refractivity contribution in [2.45, 2.75) is 9.79 Å². The lowest BCUT2D eigenvalue weighted by atomic mass is 10.3. The Balaban J connectivity index is 2.48. The van der Waals surface area contributed by atoms with E-state index in [2.05, 4.69) is 0 Å². The van der Waals surface area contributed by atoms with Gasteiger partial charge >= 0.3 is 0 Å². The molecule has 1 aliphatic rings. The molecule has 100 valence electrons. The highest BCUT2D eigenvalue weighted by atomic mass is 35.7. The molecule has 18 heavy (non-hydrogen) atoms. The average Bonchev–Trinajstić information content (AvgIpc) is 2.63. The maximum Gasteiger partial charge on any atom is 0.262 e. The molecular weight excluding hydrogens is 298 g/mol. The van der Waals surface area contributed by atoms with Crippen molar-refractivity contribution < 1.29 is 17.4 Å². The summed E-state index contributed by atoms with van der Waals surface area (Å²) in [4.78, 5) is 2.06. The molecule has 0 saturated heterocycles. The van der Waals surface area contributed by atoms with E-state index in [1.54, 1.807) is 19.2 Å². The first-order chi connectivity index (χ1) is 8.45. The predicted octanol–water partition coefficient (Wildman–Crippen LogP) is 1.15. The number of benzene rings is 1. The zero-order valence-electron chi connectivity index (χ0n) is 9.63. The van der Waals surface area contributed by atoms with Crippen LogP contribution in [0.2, 0.25) is 0 Å². The van der Waals surface area contributed by atoms with Crippen molar-refractivity contribution in [1.29, 1.82) is 0 Å². The fraction of sp³-hybridized carbons (Fsp3) is 0.400. The number of halogens is 1. The van der Waals surface area contributed by atoms with E-state index >= 15 is 0 Å². The Morgan fingerprint density at radius 1 is 1.50 bits per heavy atom. The van der Waals surface area contributed by atoms with Crippen LogP contribution in [-0.4, -0.2) is 38.8 Å². The van der Waals surface area contributed by atoms with Crippen molar-refractivity contribution in [2.24, 2.45) is 0 Å². The molecule has 0 spiro atoms. The third kappa shape index (κ3) is 2.54. The number of hydrogen-bond donors (Lipinski definition) is 0. The molecule has 0 amide bonds. The summed E-state index contributed by atoms with van der Waals surface area (Å²) in [6, 6.07) is 4.71. The van der Waals surface area contributed by atoms with Gasteiger partial charge in [-0.25, -0.2) is 8.42 Å². The second-order valence-electron chi connectivity index (χ2n) is 3.77. The monoisotopic (exact) mass is 309 g/mol. The Morgan fingerprint density at radius 3 is 2.83 bits per heavy atom. The molecule has 8 heteroatoms. The smallest absolute Gasteiger partial charge is 0.262 e. The van der Waals surface area contributed by atoms with E-state index in [-0.39, 0.29) is 10.8 Å². The molecule has 0 fully saturated rings. The van der Waals surface area contributed by atoms with Gasteiger partial charge < -0.3 is 9.64 Å². The quantitative estimate of drug-likeness (QED) is 0.781. The van der Waals surface area contributed by atoms with E-state index in [4.69, 9.17) is 15.4 Å². The van der Waals surface area contributed by atoms with Crippen LogP contribution in [0, 0.1) is 0 Å². The van der Waals surface area contributed by atoms with Gasteiger partial charge in [-0.3, -0.25) is 4.21 Å². The summed E-state index contributed by atoms with van der Waals surface area (Å²) in [5, 5.41) is 0. The van der Waals surface area contributed by atoms with Crippen molar-refractivity contribution in [3.05, 3.63) is 18.2 Å². The van der Waals surface area contributed by atoms with Crippen LogP contribution in [0.25, 0.3) is 0 Å². The number of rotatable bonds is 4. The van der Waals surface area contributed by atoms with E-state index in [9.17, 15) is 12.6 Å². The minimum Gasteiger partial charge on any atom is -0.383 e. The Kier molecular flexibility index (Phi) is 3.96. The van der Waals surface area contributed by atoms with E-state index in [0.29, 0.717) is 23.7 Å². The second-order valence-corrected chi connectivity index (χ2v) is 7.66. The maximum absolute atomic E-state index is 12.0. The Bertz CT molecular complexity index is 588. The number of fused-ring (bicyclic) bond motifs is 1. The van der Waals surface area contributed by atoms with Crippen LogP contribution in [0.15, 0.2) is 28.0 Å². The summed E-state index contributed by atoms with van der Waals surface area (Å²) in [7, 11) is 1.66. The van der Waals surface area contributed by atoms with Gasteiger partial charge in [0.15, 0.2) is 0 Å². The molecule has 5 nitrogen and oxygen atoms in total. The first-order valence-electron chi connectivity index (χ1n) is 5.15. The minimum atomic E-state index is -3.88. The lowest BCUT2D eigenvalue weighted by molar-refractivity contribution is 0.206. The molecule has 2 rings (SSSR count). The van der Waals surface area contributed by atoms with Gasteiger partial charge in [0.05, 0.1) is 33.9 Å². The summed E-state index contributed by atoms with van der Waals surface area (Å²) in [5.41, 5.74) is 0.645. The van der Waals surface area contributed by atoms with Crippen LogP contribution in [0.1, 0.15) is 0 Å². The van der Waals surface area contributed by atoms with Crippen LogP contribution >= 0.6 is 10.7 Å². The van der Waals surface area contributed by atoms with Gasteiger partial charge in [0.25, 0.3) is 9.05 Å². The van der Waals surface area contributed by atoms with E-state index in [1.165, 1.54) is 6.07 Å². The minimum absolute atomic E-state index is 0.0695. The Hall–Kier alpha value is -0.630. The van der Waals surface area contributed by atoms with Gasteiger partial charge in [-0.05, 0) is 12.1 Å². The van der Waals surface area contributed by atoms with Gasteiger partial charge in [0.2, 0.25) is 0 Å². The molecule has 0 saturated carbocycles. The molecule has 0 N–H and O–H groups in total. The van der Waals surface area contributed by atoms with Crippen LogP contribution in [0.4, 0.5) is 5.69 Å². The standard InChI is InChI=1S/C10H12ClNO4S2/c1-16-6-5-12-7-17(13)10-8(12)3-2-4-9(10)18(11,14)15/h2-4H,5-7H2,1H3. The molecule has 1 unspecified atom stereocenters. The fourth-order valence-electron chi connectivity index (χ4n) is 1.84. The van der Waals surface area contributed by atoms with Crippen molar-refractivity contribution in [3.8, 4) is 0 Å². The lowest BCUT2D eigenvalue weighted by Gasteiger charge is -2.17. The summed E-state index contributed by atoms with van der Waals surface area (Å²) >= 11 is 0. The molecule has 0 aromatic heterocycles. The molecule has 1 aliphatic heterocycles. The van der Waals surface area contributed by atoms with Crippen LogP contribution in [0.5, 0.6) is 0 Å². The van der Waals surface area contributed by atoms with Crippen LogP contribution in [-0.2, 0) is 24.6 Å². The second kappa shape index (κ2) is 5.16. The number of hydrogen-bond acceptors (Lipinski definition) is 5. The summed E-state index contributed by atoms with van der Waals surface area (Å²) in [6.07, 6.45) is 0. The van der Waals surface area contributed by atoms with E-state index in [1.807, 2.05) is 4.90 Å². The Labute approximate surface area is 113 Å². The molecule has 1 atom stereocenters. The van der Waals surface area contributed by atoms with Gasteiger partial charge in [0, 0.05) is 24.3 Å². The predicted molar refractivity (Wildman–Crippen MR) is 70.0 cm³/mol. The third-order valence-corrected chi connectivity index (χ3v) is 5.55. The molecule has 0 bridgehead atoms. The zero-order chi connectivity index (χ0) is 13.3. The third-order valence-electron chi connectivity index (χ3n) is 2.63. The van der Waals surface area contributed by atoms with Gasteiger partial charge in [-0.1, -0.05) is 6.07 Å². The molecule has 1 heterocycles. The van der Waals surface area contributed by atoms with E-state index in [0.717, 1.165) is 0 Å². The number of methoxy groups -OCH3 is 1. The molecule has 1 aromatic rings. The lowest BCUT2D eigenvalue weighted by Crippen LogP contribution is -2.25. The van der Waals surface area contributed by atoms with Crippen LogP contribution in [0.3, 0.4) is 0 Å². The zero-order valence-corrected chi connectivity index (χ0v) is 12.0. The average molecular weight is 310 g/mol. The van der Waals surface area contributed by atoms with Crippen LogP contribution < -0.4 is 4.90 Å². The first kappa shape index (κ1) is 13.8. The fourth-order valence-corrected chi connectivity index (χ4v) is 4.94.